The van der Waals surface area contributed by atoms with Gasteiger partial charge in [0.25, 0.3) is 0 Å². The number of nitrogens with zero attached hydrogens (tertiary/aromatic N) is 1. The number of para-hydroxylation sites is 1. The molecule has 0 bridgehead atoms. The summed E-state index contributed by atoms with van der Waals surface area (Å²) in [7, 11) is -3.64. The zero-order valence-corrected chi connectivity index (χ0v) is 10.6. The molecule has 0 unspecified atom stereocenters. The van der Waals surface area contributed by atoms with Gasteiger partial charge in [0, 0.05) is 6.07 Å². The molecular formula is C11H13N3O3S. The fourth-order valence-corrected chi connectivity index (χ4v) is 2.59. The molecule has 0 amide bonds. The van der Waals surface area contributed by atoms with Gasteiger partial charge < -0.3 is 10.3 Å². The van der Waals surface area contributed by atoms with E-state index < -0.39 is 10.0 Å². The first kappa shape index (κ1) is 12.6. The summed E-state index contributed by atoms with van der Waals surface area (Å²) in [6, 6.07) is 7.94. The van der Waals surface area contributed by atoms with E-state index in [4.69, 9.17) is 10.3 Å². The van der Waals surface area contributed by atoms with Gasteiger partial charge in [0.15, 0.2) is 5.76 Å². The van der Waals surface area contributed by atoms with Gasteiger partial charge in [-0.25, -0.2) is 13.1 Å². The normalized spacial score (nSPS) is 11.6. The van der Waals surface area contributed by atoms with Gasteiger partial charge in [-0.1, -0.05) is 17.3 Å². The molecule has 0 atom stereocenters. The lowest BCUT2D eigenvalue weighted by molar-refractivity contribution is 0.377. The van der Waals surface area contributed by atoms with Crippen molar-refractivity contribution in [2.24, 2.45) is 0 Å². The van der Waals surface area contributed by atoms with Crippen molar-refractivity contribution in [2.75, 3.05) is 5.73 Å². The molecule has 0 saturated heterocycles. The summed E-state index contributed by atoms with van der Waals surface area (Å²) in [5.41, 5.74) is 6.53. The number of hydrogen-bond acceptors (Lipinski definition) is 5. The fraction of sp³-hybridized carbons (Fsp3) is 0.182. The zero-order valence-electron chi connectivity index (χ0n) is 9.75. The molecule has 0 aliphatic carbocycles. The highest BCUT2D eigenvalue weighted by Gasteiger charge is 2.17. The van der Waals surface area contributed by atoms with Crippen LogP contribution < -0.4 is 10.5 Å². The SMILES string of the molecule is Cc1cc(CNS(=O)(=O)c2ccccc2N)on1. The predicted molar refractivity (Wildman–Crippen MR) is 66.1 cm³/mol. The Bertz CT molecular complexity index is 649. The van der Waals surface area contributed by atoms with Crippen LogP contribution in [0.3, 0.4) is 0 Å². The van der Waals surface area contributed by atoms with Crippen LogP contribution in [0.25, 0.3) is 0 Å². The Labute approximate surface area is 105 Å². The van der Waals surface area contributed by atoms with Gasteiger partial charge in [0.2, 0.25) is 10.0 Å². The van der Waals surface area contributed by atoms with E-state index in [1.54, 1.807) is 25.1 Å². The third kappa shape index (κ3) is 2.69. The molecule has 1 heterocycles. The van der Waals surface area contributed by atoms with Crippen LogP contribution in [0.1, 0.15) is 11.5 Å². The second kappa shape index (κ2) is 4.79. The minimum atomic E-state index is -3.64. The van der Waals surface area contributed by atoms with Gasteiger partial charge in [0.1, 0.15) is 4.90 Å². The Morgan fingerprint density at radius 3 is 2.72 bits per heavy atom. The predicted octanol–water partition coefficient (Wildman–Crippen LogP) is 1.04. The summed E-state index contributed by atoms with van der Waals surface area (Å²) < 4.78 is 31.3. The Balaban J connectivity index is 2.16. The van der Waals surface area contributed by atoms with E-state index in [9.17, 15) is 8.42 Å². The highest BCUT2D eigenvalue weighted by atomic mass is 32.2. The van der Waals surface area contributed by atoms with E-state index in [0.29, 0.717) is 11.5 Å². The van der Waals surface area contributed by atoms with Crippen molar-refractivity contribution in [3.05, 3.63) is 41.8 Å². The molecule has 1 aromatic carbocycles. The number of nitrogens with one attached hydrogen (secondary N) is 1. The van der Waals surface area contributed by atoms with Crippen LogP contribution in [-0.2, 0) is 16.6 Å². The molecule has 0 aliphatic rings. The molecule has 3 N–H and O–H groups in total. The number of rotatable bonds is 4. The Morgan fingerprint density at radius 1 is 1.39 bits per heavy atom. The lowest BCUT2D eigenvalue weighted by Crippen LogP contribution is -2.23. The second-order valence-electron chi connectivity index (χ2n) is 3.80. The van der Waals surface area contributed by atoms with Crippen molar-refractivity contribution in [2.45, 2.75) is 18.4 Å². The van der Waals surface area contributed by atoms with E-state index in [2.05, 4.69) is 9.88 Å². The maximum atomic E-state index is 12.0. The first-order chi connectivity index (χ1) is 8.49. The molecule has 0 fully saturated rings. The van der Waals surface area contributed by atoms with E-state index in [1.807, 2.05) is 0 Å². The molecule has 2 aromatic rings. The number of hydrogen-bond donors (Lipinski definition) is 2. The van der Waals surface area contributed by atoms with Gasteiger partial charge in [-0.3, -0.25) is 0 Å². The van der Waals surface area contributed by atoms with E-state index in [-0.39, 0.29) is 17.1 Å². The zero-order chi connectivity index (χ0) is 13.2. The highest BCUT2D eigenvalue weighted by Crippen LogP contribution is 2.17. The number of benzene rings is 1. The number of aromatic nitrogens is 1. The minimum absolute atomic E-state index is 0.0392. The van der Waals surface area contributed by atoms with Gasteiger partial charge in [-0.15, -0.1) is 0 Å². The average Bonchev–Trinajstić information content (AvgIpc) is 2.73. The van der Waals surface area contributed by atoms with E-state index in [0.717, 1.165) is 0 Å². The second-order valence-corrected chi connectivity index (χ2v) is 5.53. The van der Waals surface area contributed by atoms with E-state index in [1.165, 1.54) is 12.1 Å². The maximum Gasteiger partial charge on any atom is 0.243 e. The van der Waals surface area contributed by atoms with Crippen molar-refractivity contribution in [1.29, 1.82) is 0 Å². The molecule has 96 valence electrons. The van der Waals surface area contributed by atoms with Crippen LogP contribution in [0.2, 0.25) is 0 Å². The molecule has 6 nitrogen and oxygen atoms in total. The number of nitrogens with two attached hydrogens (primary N) is 1. The van der Waals surface area contributed by atoms with Crippen LogP contribution in [-0.4, -0.2) is 13.6 Å². The minimum Gasteiger partial charge on any atom is -0.398 e. The molecule has 0 saturated carbocycles. The summed E-state index contributed by atoms with van der Waals surface area (Å²) in [4.78, 5) is 0.0567. The largest absolute Gasteiger partial charge is 0.398 e. The lowest BCUT2D eigenvalue weighted by Gasteiger charge is -2.07. The smallest absolute Gasteiger partial charge is 0.243 e. The van der Waals surface area contributed by atoms with Crippen LogP contribution in [0.15, 0.2) is 39.8 Å². The third-order valence-electron chi connectivity index (χ3n) is 2.32. The fourth-order valence-electron chi connectivity index (χ4n) is 1.47. The molecule has 0 aliphatic heterocycles. The summed E-state index contributed by atoms with van der Waals surface area (Å²) in [6.07, 6.45) is 0. The topological polar surface area (TPSA) is 98.2 Å². The average molecular weight is 267 g/mol. The molecule has 2 rings (SSSR count). The number of aryl methyl sites for hydroxylation is 1. The van der Waals surface area contributed by atoms with Crippen molar-refractivity contribution in [3.63, 3.8) is 0 Å². The van der Waals surface area contributed by atoms with Crippen LogP contribution in [0, 0.1) is 6.92 Å². The first-order valence-corrected chi connectivity index (χ1v) is 6.74. The van der Waals surface area contributed by atoms with Crippen molar-refractivity contribution < 1.29 is 12.9 Å². The van der Waals surface area contributed by atoms with Gasteiger partial charge in [-0.2, -0.15) is 0 Å². The van der Waals surface area contributed by atoms with Crippen molar-refractivity contribution in [1.82, 2.24) is 9.88 Å². The molecule has 0 spiro atoms. The first-order valence-electron chi connectivity index (χ1n) is 5.25. The summed E-state index contributed by atoms with van der Waals surface area (Å²) in [5.74, 6) is 0.450. The Morgan fingerprint density at radius 2 is 2.11 bits per heavy atom. The monoisotopic (exact) mass is 267 g/mol. The van der Waals surface area contributed by atoms with Crippen molar-refractivity contribution in [3.8, 4) is 0 Å². The summed E-state index contributed by atoms with van der Waals surface area (Å²) >= 11 is 0. The lowest BCUT2D eigenvalue weighted by atomic mass is 10.3. The molecule has 0 radical (unpaired) electrons. The molecule has 7 heteroatoms. The van der Waals surface area contributed by atoms with Crippen molar-refractivity contribution >= 4 is 15.7 Å². The quantitative estimate of drug-likeness (QED) is 0.807. The Kier molecular flexibility index (Phi) is 3.35. The van der Waals surface area contributed by atoms with E-state index >= 15 is 0 Å². The molecule has 18 heavy (non-hydrogen) atoms. The maximum absolute atomic E-state index is 12.0. The highest BCUT2D eigenvalue weighted by molar-refractivity contribution is 7.89. The van der Waals surface area contributed by atoms with Gasteiger partial charge in [-0.05, 0) is 19.1 Å². The van der Waals surface area contributed by atoms with Gasteiger partial charge in [0.05, 0.1) is 17.9 Å². The molecular weight excluding hydrogens is 254 g/mol. The number of nitrogen functional groups attached to an aromatic ring is 1. The Hall–Kier alpha value is -1.86. The van der Waals surface area contributed by atoms with Crippen LogP contribution in [0.4, 0.5) is 5.69 Å². The summed E-state index contributed by atoms with van der Waals surface area (Å²) in [6.45, 7) is 1.80. The summed E-state index contributed by atoms with van der Waals surface area (Å²) in [5, 5.41) is 3.67. The molecule has 1 aromatic heterocycles. The number of anilines is 1. The van der Waals surface area contributed by atoms with Crippen LogP contribution >= 0.6 is 0 Å². The third-order valence-corrected chi connectivity index (χ3v) is 3.80. The number of sulfonamides is 1. The standard InChI is InChI=1S/C11H13N3O3S/c1-8-6-9(17-14-8)7-13-18(15,16)11-5-3-2-4-10(11)12/h2-6,13H,7,12H2,1H3. The van der Waals surface area contributed by atoms with Gasteiger partial charge >= 0.3 is 0 Å². The van der Waals surface area contributed by atoms with Crippen LogP contribution in [0.5, 0.6) is 0 Å².